The van der Waals surface area contributed by atoms with E-state index in [1.54, 1.807) is 42.6 Å². The highest BCUT2D eigenvalue weighted by Crippen LogP contribution is 2.35. The van der Waals surface area contributed by atoms with E-state index >= 15 is 0 Å². The number of esters is 1. The standard InChI is InChI=1S/C21H19Cl2N3O3/c1-21(2,3)28-19(27)8-10-24-13-7-9-25-16(11-13)18-12-17(26-29-18)20-14(22)5-4-6-15(20)23/h4-12H,1-3H3,(H,24,25)/b10-8+. The normalized spacial score (nSPS) is 11.6. The van der Waals surface area contributed by atoms with Gasteiger partial charge in [-0.3, -0.25) is 4.98 Å². The van der Waals surface area contributed by atoms with E-state index in [0.29, 0.717) is 38.4 Å². The van der Waals surface area contributed by atoms with Crippen LogP contribution in [-0.2, 0) is 9.53 Å². The molecular formula is C21H19Cl2N3O3. The van der Waals surface area contributed by atoms with E-state index < -0.39 is 11.6 Å². The van der Waals surface area contributed by atoms with E-state index in [-0.39, 0.29) is 0 Å². The highest BCUT2D eigenvalue weighted by Gasteiger charge is 2.16. The number of hydrogen-bond acceptors (Lipinski definition) is 6. The molecule has 6 nitrogen and oxygen atoms in total. The first-order valence-corrected chi connectivity index (χ1v) is 9.52. The maximum atomic E-state index is 11.7. The van der Waals surface area contributed by atoms with Crippen molar-refractivity contribution in [2.45, 2.75) is 26.4 Å². The van der Waals surface area contributed by atoms with Crippen molar-refractivity contribution < 1.29 is 14.1 Å². The van der Waals surface area contributed by atoms with Gasteiger partial charge in [0.2, 0.25) is 0 Å². The minimum atomic E-state index is -0.542. The molecule has 1 N–H and O–H groups in total. The van der Waals surface area contributed by atoms with Gasteiger partial charge in [0, 0.05) is 35.8 Å². The van der Waals surface area contributed by atoms with Crippen LogP contribution < -0.4 is 5.32 Å². The number of halogens is 2. The molecule has 8 heteroatoms. The van der Waals surface area contributed by atoms with Gasteiger partial charge in [-0.1, -0.05) is 34.4 Å². The van der Waals surface area contributed by atoms with Crippen LogP contribution in [0.15, 0.2) is 59.4 Å². The average molecular weight is 432 g/mol. The topological polar surface area (TPSA) is 77.2 Å². The maximum absolute atomic E-state index is 11.7. The van der Waals surface area contributed by atoms with E-state index in [0.717, 1.165) is 0 Å². The van der Waals surface area contributed by atoms with Gasteiger partial charge in [-0.05, 0) is 45.0 Å². The summed E-state index contributed by atoms with van der Waals surface area (Å²) < 4.78 is 10.6. The number of hydrogen-bond donors (Lipinski definition) is 1. The predicted molar refractivity (Wildman–Crippen MR) is 114 cm³/mol. The van der Waals surface area contributed by atoms with Crippen molar-refractivity contribution in [2.75, 3.05) is 5.32 Å². The summed E-state index contributed by atoms with van der Waals surface area (Å²) >= 11 is 12.5. The molecule has 2 aromatic heterocycles. The van der Waals surface area contributed by atoms with E-state index in [4.69, 9.17) is 32.5 Å². The Labute approximate surface area is 178 Å². The van der Waals surface area contributed by atoms with Crippen LogP contribution >= 0.6 is 23.2 Å². The van der Waals surface area contributed by atoms with Crippen molar-refractivity contribution in [3.8, 4) is 22.7 Å². The summed E-state index contributed by atoms with van der Waals surface area (Å²) in [6, 6.07) is 10.5. The lowest BCUT2D eigenvalue weighted by atomic mass is 10.1. The molecule has 0 bridgehead atoms. The summed E-state index contributed by atoms with van der Waals surface area (Å²) in [5.74, 6) is 0.0199. The molecule has 3 aromatic rings. The van der Waals surface area contributed by atoms with E-state index in [9.17, 15) is 4.79 Å². The molecule has 0 saturated heterocycles. The number of carbonyl (C=O) groups excluding carboxylic acids is 1. The second-order valence-corrected chi connectivity index (χ2v) is 7.93. The van der Waals surface area contributed by atoms with Gasteiger partial charge >= 0.3 is 5.97 Å². The Balaban J connectivity index is 1.75. The number of aromatic nitrogens is 2. The fourth-order valence-electron chi connectivity index (χ4n) is 2.45. The predicted octanol–water partition coefficient (Wildman–Crippen LogP) is 5.98. The average Bonchev–Trinajstić information content (AvgIpc) is 3.10. The van der Waals surface area contributed by atoms with Gasteiger partial charge < -0.3 is 14.6 Å². The highest BCUT2D eigenvalue weighted by atomic mass is 35.5. The third-order valence-corrected chi connectivity index (χ3v) is 4.25. The van der Waals surface area contributed by atoms with Gasteiger partial charge in [-0.2, -0.15) is 0 Å². The second kappa shape index (κ2) is 8.68. The zero-order valence-corrected chi connectivity index (χ0v) is 17.6. The van der Waals surface area contributed by atoms with Crippen LogP contribution in [0.1, 0.15) is 20.8 Å². The zero-order valence-electron chi connectivity index (χ0n) is 16.1. The van der Waals surface area contributed by atoms with Crippen LogP contribution in [0, 0.1) is 0 Å². The van der Waals surface area contributed by atoms with Crippen LogP contribution in [0.3, 0.4) is 0 Å². The molecule has 0 saturated carbocycles. The second-order valence-electron chi connectivity index (χ2n) is 7.11. The lowest BCUT2D eigenvalue weighted by Crippen LogP contribution is -2.22. The maximum Gasteiger partial charge on any atom is 0.332 e. The summed E-state index contributed by atoms with van der Waals surface area (Å²) in [7, 11) is 0. The number of rotatable bonds is 5. The van der Waals surface area contributed by atoms with Crippen molar-refractivity contribution in [3.63, 3.8) is 0 Å². The van der Waals surface area contributed by atoms with Crippen LogP contribution in [0.2, 0.25) is 10.0 Å². The molecule has 0 aliphatic carbocycles. The van der Waals surface area contributed by atoms with Gasteiger partial charge in [0.15, 0.2) is 5.76 Å². The monoisotopic (exact) mass is 431 g/mol. The number of benzene rings is 1. The number of pyridine rings is 1. The van der Waals surface area contributed by atoms with E-state index in [1.807, 2.05) is 20.8 Å². The number of nitrogens with one attached hydrogen (secondary N) is 1. The summed E-state index contributed by atoms with van der Waals surface area (Å²) in [6.07, 6.45) is 4.43. The SMILES string of the molecule is CC(C)(C)OC(=O)/C=C/Nc1ccnc(-c2cc(-c3c(Cl)cccc3Cl)no2)c1. The van der Waals surface area contributed by atoms with Crippen LogP contribution in [0.4, 0.5) is 5.69 Å². The van der Waals surface area contributed by atoms with Crippen molar-refractivity contribution >= 4 is 34.9 Å². The Morgan fingerprint density at radius 2 is 1.86 bits per heavy atom. The van der Waals surface area contributed by atoms with E-state index in [2.05, 4.69) is 15.5 Å². The lowest BCUT2D eigenvalue weighted by molar-refractivity contribution is -0.148. The molecule has 0 radical (unpaired) electrons. The van der Waals surface area contributed by atoms with Crippen molar-refractivity contribution in [3.05, 3.63) is 64.9 Å². The summed E-state index contributed by atoms with van der Waals surface area (Å²) in [4.78, 5) is 16.0. The molecule has 0 aliphatic heterocycles. The molecule has 0 fully saturated rings. The number of nitrogens with zero attached hydrogens (tertiary/aromatic N) is 2. The molecule has 29 heavy (non-hydrogen) atoms. The van der Waals surface area contributed by atoms with Crippen molar-refractivity contribution in [2.24, 2.45) is 0 Å². The van der Waals surface area contributed by atoms with Gasteiger partial charge in [-0.15, -0.1) is 0 Å². The molecule has 150 valence electrons. The Kier molecular flexibility index (Phi) is 6.25. The van der Waals surface area contributed by atoms with Crippen molar-refractivity contribution in [1.29, 1.82) is 0 Å². The summed E-state index contributed by atoms with van der Waals surface area (Å²) in [5, 5.41) is 8.02. The molecule has 0 aliphatic rings. The Hall–Kier alpha value is -2.83. The minimum Gasteiger partial charge on any atom is -0.457 e. The van der Waals surface area contributed by atoms with Crippen molar-refractivity contribution in [1.82, 2.24) is 10.1 Å². The van der Waals surface area contributed by atoms with Gasteiger partial charge in [0.25, 0.3) is 0 Å². The van der Waals surface area contributed by atoms with Gasteiger partial charge in [0.1, 0.15) is 17.0 Å². The van der Waals surface area contributed by atoms with Crippen LogP contribution in [0.25, 0.3) is 22.7 Å². The number of carbonyl (C=O) groups is 1. The third kappa shape index (κ3) is 5.59. The Morgan fingerprint density at radius 3 is 2.55 bits per heavy atom. The summed E-state index contributed by atoms with van der Waals surface area (Å²) in [5.41, 5.74) is 1.84. The number of ether oxygens (including phenoxy) is 1. The Morgan fingerprint density at radius 1 is 1.14 bits per heavy atom. The fourth-order valence-corrected chi connectivity index (χ4v) is 3.04. The molecule has 0 atom stereocenters. The molecule has 0 unspecified atom stereocenters. The molecule has 0 amide bonds. The smallest absolute Gasteiger partial charge is 0.332 e. The summed E-state index contributed by atoms with van der Waals surface area (Å²) in [6.45, 7) is 5.42. The van der Waals surface area contributed by atoms with Gasteiger partial charge in [-0.25, -0.2) is 4.79 Å². The minimum absolute atomic E-state index is 0.434. The third-order valence-electron chi connectivity index (χ3n) is 3.62. The van der Waals surface area contributed by atoms with Gasteiger partial charge in [0.05, 0.1) is 10.0 Å². The first kappa shape index (κ1) is 20.9. The molecule has 2 heterocycles. The largest absolute Gasteiger partial charge is 0.457 e. The molecule has 0 spiro atoms. The zero-order chi connectivity index (χ0) is 21.0. The Bertz CT molecular complexity index is 1040. The molecule has 3 rings (SSSR count). The molecule has 1 aromatic carbocycles. The number of anilines is 1. The fraction of sp³-hybridized carbons (Fsp3) is 0.190. The highest BCUT2D eigenvalue weighted by molar-refractivity contribution is 6.39. The molecular weight excluding hydrogens is 413 g/mol. The van der Waals surface area contributed by atoms with E-state index in [1.165, 1.54) is 12.3 Å². The lowest BCUT2D eigenvalue weighted by Gasteiger charge is -2.17. The van der Waals surface area contributed by atoms with Crippen LogP contribution in [0.5, 0.6) is 0 Å². The quantitative estimate of drug-likeness (QED) is 0.395. The first-order valence-electron chi connectivity index (χ1n) is 8.76. The van der Waals surface area contributed by atoms with Crippen LogP contribution in [-0.4, -0.2) is 21.7 Å². The first-order chi connectivity index (χ1) is 13.7.